The summed E-state index contributed by atoms with van der Waals surface area (Å²) in [6.07, 6.45) is 4.82. The van der Waals surface area contributed by atoms with Crippen LogP contribution in [0.2, 0.25) is 0 Å². The zero-order valence-electron chi connectivity index (χ0n) is 6.21. The molecule has 0 aromatic carbocycles. The number of rotatable bonds is 2. The second-order valence-electron chi connectivity index (χ2n) is 2.63. The number of aromatic nitrogens is 2. The first kappa shape index (κ1) is 6.67. The van der Waals surface area contributed by atoms with Crippen molar-refractivity contribution >= 4 is 0 Å². The highest BCUT2D eigenvalue weighted by atomic mass is 16.5. The van der Waals surface area contributed by atoms with Crippen LogP contribution in [0.15, 0.2) is 12.4 Å². The van der Waals surface area contributed by atoms with E-state index in [1.165, 1.54) is 0 Å². The van der Waals surface area contributed by atoms with Crippen LogP contribution in [0.5, 0.6) is 6.01 Å². The molecule has 2 N–H and O–H groups in total. The van der Waals surface area contributed by atoms with Gasteiger partial charge in [-0.25, -0.2) is 4.98 Å². The molecule has 1 fully saturated rings. The van der Waals surface area contributed by atoms with E-state index in [1.54, 1.807) is 12.4 Å². The van der Waals surface area contributed by atoms with Crippen LogP contribution in [0, 0.1) is 0 Å². The summed E-state index contributed by atoms with van der Waals surface area (Å²) in [5.74, 6) is 0. The number of nitrogens with one attached hydrogen (secondary N) is 2. The molecule has 1 atom stereocenters. The van der Waals surface area contributed by atoms with E-state index in [0.29, 0.717) is 12.1 Å². The monoisotopic (exact) mass is 153 g/mol. The Morgan fingerprint density at radius 1 is 1.64 bits per heavy atom. The maximum absolute atomic E-state index is 5.49. The summed E-state index contributed by atoms with van der Waals surface area (Å²) in [6.45, 7) is 1.98. The summed E-state index contributed by atoms with van der Waals surface area (Å²) in [5.41, 5.74) is 0. The molecular formula is C7H11N3O. The summed E-state index contributed by atoms with van der Waals surface area (Å²) in [4.78, 5) is 6.88. The lowest BCUT2D eigenvalue weighted by atomic mass is 10.3. The summed E-state index contributed by atoms with van der Waals surface area (Å²) >= 11 is 0. The highest BCUT2D eigenvalue weighted by Crippen LogP contribution is 2.07. The Balaban J connectivity index is 1.90. The van der Waals surface area contributed by atoms with E-state index < -0.39 is 0 Å². The van der Waals surface area contributed by atoms with Gasteiger partial charge < -0.3 is 15.0 Å². The van der Waals surface area contributed by atoms with Crippen LogP contribution < -0.4 is 10.1 Å². The lowest BCUT2D eigenvalue weighted by molar-refractivity contribution is 0.206. The summed E-state index contributed by atoms with van der Waals surface area (Å²) in [6, 6.07) is 0.624. The zero-order valence-corrected chi connectivity index (χ0v) is 6.21. The summed E-state index contributed by atoms with van der Waals surface area (Å²) < 4.78 is 5.49. The van der Waals surface area contributed by atoms with Crippen molar-refractivity contribution in [3.63, 3.8) is 0 Å². The largest absolute Gasteiger partial charge is 0.460 e. The van der Waals surface area contributed by atoms with Gasteiger partial charge in [0.1, 0.15) is 6.10 Å². The normalized spacial score (nSPS) is 23.8. The van der Waals surface area contributed by atoms with E-state index in [0.717, 1.165) is 19.5 Å². The molecule has 1 saturated heterocycles. The molecule has 1 unspecified atom stereocenters. The van der Waals surface area contributed by atoms with E-state index >= 15 is 0 Å². The van der Waals surface area contributed by atoms with Crippen molar-refractivity contribution in [3.05, 3.63) is 12.4 Å². The van der Waals surface area contributed by atoms with Gasteiger partial charge >= 0.3 is 0 Å². The fourth-order valence-corrected chi connectivity index (χ4v) is 1.20. The fraction of sp³-hybridized carbons (Fsp3) is 0.571. The van der Waals surface area contributed by atoms with Crippen molar-refractivity contribution in [1.29, 1.82) is 0 Å². The number of imidazole rings is 1. The third-order valence-corrected chi connectivity index (χ3v) is 1.77. The Kier molecular flexibility index (Phi) is 1.77. The molecule has 1 aliphatic heterocycles. The zero-order chi connectivity index (χ0) is 7.52. The Morgan fingerprint density at radius 3 is 3.27 bits per heavy atom. The van der Waals surface area contributed by atoms with Crippen molar-refractivity contribution in [3.8, 4) is 6.01 Å². The number of H-pyrrole nitrogens is 1. The average molecular weight is 153 g/mol. The van der Waals surface area contributed by atoms with Gasteiger partial charge in [-0.1, -0.05) is 0 Å². The van der Waals surface area contributed by atoms with Crippen molar-refractivity contribution in [1.82, 2.24) is 15.3 Å². The van der Waals surface area contributed by atoms with Gasteiger partial charge in [-0.3, -0.25) is 0 Å². The number of nitrogens with zero attached hydrogens (tertiary/aromatic N) is 1. The standard InChI is InChI=1S/C7H11N3O/c1-2-8-5-6(1)11-7-9-3-4-10-7/h3-4,6,8H,1-2,5H2,(H,9,10). The van der Waals surface area contributed by atoms with Gasteiger partial charge in [0, 0.05) is 18.9 Å². The van der Waals surface area contributed by atoms with E-state index in [9.17, 15) is 0 Å². The molecule has 60 valence electrons. The van der Waals surface area contributed by atoms with E-state index in [4.69, 9.17) is 4.74 Å². The number of ether oxygens (including phenoxy) is 1. The smallest absolute Gasteiger partial charge is 0.293 e. The predicted molar refractivity (Wildman–Crippen MR) is 40.5 cm³/mol. The van der Waals surface area contributed by atoms with Crippen molar-refractivity contribution in [2.24, 2.45) is 0 Å². The van der Waals surface area contributed by atoms with Crippen LogP contribution in [0.25, 0.3) is 0 Å². The van der Waals surface area contributed by atoms with Gasteiger partial charge in [0.2, 0.25) is 0 Å². The first-order chi connectivity index (χ1) is 5.45. The van der Waals surface area contributed by atoms with Crippen LogP contribution >= 0.6 is 0 Å². The molecule has 11 heavy (non-hydrogen) atoms. The van der Waals surface area contributed by atoms with Gasteiger partial charge in [0.25, 0.3) is 6.01 Å². The van der Waals surface area contributed by atoms with Gasteiger partial charge in [-0.05, 0) is 13.0 Å². The molecular weight excluding hydrogens is 142 g/mol. The Morgan fingerprint density at radius 2 is 2.64 bits per heavy atom. The van der Waals surface area contributed by atoms with Gasteiger partial charge in [-0.2, -0.15) is 0 Å². The fourth-order valence-electron chi connectivity index (χ4n) is 1.20. The maximum atomic E-state index is 5.49. The van der Waals surface area contributed by atoms with Gasteiger partial charge in [0.05, 0.1) is 0 Å². The quantitative estimate of drug-likeness (QED) is 0.636. The van der Waals surface area contributed by atoms with Crippen LogP contribution in [0.1, 0.15) is 6.42 Å². The molecule has 0 bridgehead atoms. The lowest BCUT2D eigenvalue weighted by Crippen LogP contribution is -2.19. The molecule has 0 spiro atoms. The summed E-state index contributed by atoms with van der Waals surface area (Å²) in [5, 5.41) is 3.22. The van der Waals surface area contributed by atoms with Crippen molar-refractivity contribution < 1.29 is 4.74 Å². The van der Waals surface area contributed by atoms with E-state index in [-0.39, 0.29) is 0 Å². The minimum Gasteiger partial charge on any atom is -0.460 e. The van der Waals surface area contributed by atoms with Crippen molar-refractivity contribution in [2.45, 2.75) is 12.5 Å². The molecule has 4 heteroatoms. The Bertz CT molecular complexity index is 203. The van der Waals surface area contributed by atoms with Gasteiger partial charge in [0.15, 0.2) is 0 Å². The molecule has 1 aliphatic rings. The number of hydrogen-bond acceptors (Lipinski definition) is 3. The topological polar surface area (TPSA) is 49.9 Å². The van der Waals surface area contributed by atoms with Crippen LogP contribution in [-0.2, 0) is 0 Å². The first-order valence-electron chi connectivity index (χ1n) is 3.82. The maximum Gasteiger partial charge on any atom is 0.293 e. The highest BCUT2D eigenvalue weighted by Gasteiger charge is 2.16. The average Bonchev–Trinajstić information content (AvgIpc) is 2.60. The van der Waals surface area contributed by atoms with Crippen molar-refractivity contribution in [2.75, 3.05) is 13.1 Å². The number of aromatic amines is 1. The predicted octanol–water partition coefficient (Wildman–Crippen LogP) is 0.150. The minimum absolute atomic E-state index is 0.293. The van der Waals surface area contributed by atoms with Crippen LogP contribution in [0.3, 0.4) is 0 Å². The lowest BCUT2D eigenvalue weighted by Gasteiger charge is -2.07. The Labute approximate surface area is 65.0 Å². The van der Waals surface area contributed by atoms with Gasteiger partial charge in [-0.15, -0.1) is 0 Å². The first-order valence-corrected chi connectivity index (χ1v) is 3.82. The second kappa shape index (κ2) is 2.92. The van der Waals surface area contributed by atoms with E-state index in [2.05, 4.69) is 15.3 Å². The summed E-state index contributed by atoms with van der Waals surface area (Å²) in [7, 11) is 0. The molecule has 2 heterocycles. The highest BCUT2D eigenvalue weighted by molar-refractivity contribution is 4.94. The van der Waals surface area contributed by atoms with Crippen LogP contribution in [-0.4, -0.2) is 29.2 Å². The third-order valence-electron chi connectivity index (χ3n) is 1.77. The molecule has 0 radical (unpaired) electrons. The Hall–Kier alpha value is -1.03. The second-order valence-corrected chi connectivity index (χ2v) is 2.63. The molecule has 0 aliphatic carbocycles. The molecule has 1 aromatic heterocycles. The molecule has 0 amide bonds. The molecule has 4 nitrogen and oxygen atoms in total. The SMILES string of the molecule is c1c[nH]c(OC2CCNC2)n1. The number of hydrogen-bond donors (Lipinski definition) is 2. The minimum atomic E-state index is 0.293. The van der Waals surface area contributed by atoms with E-state index in [1.807, 2.05) is 0 Å². The molecule has 0 saturated carbocycles. The van der Waals surface area contributed by atoms with Crippen LogP contribution in [0.4, 0.5) is 0 Å². The molecule has 2 rings (SSSR count). The molecule has 1 aromatic rings. The third kappa shape index (κ3) is 1.51.